The second-order valence-corrected chi connectivity index (χ2v) is 3.88. The van der Waals surface area contributed by atoms with Crippen molar-refractivity contribution in [2.75, 3.05) is 0 Å². The molecule has 2 heteroatoms. The minimum atomic E-state index is -0.556. The Hall–Kier alpha value is -0.530. The summed E-state index contributed by atoms with van der Waals surface area (Å²) in [7, 11) is 0. The number of carboxylic acid groups (broad SMARTS) is 1. The van der Waals surface area contributed by atoms with Gasteiger partial charge in [0.25, 0.3) is 0 Å². The molecule has 0 saturated heterocycles. The van der Waals surface area contributed by atoms with Crippen LogP contribution in [-0.2, 0) is 4.79 Å². The zero-order chi connectivity index (χ0) is 7.84. The van der Waals surface area contributed by atoms with E-state index in [2.05, 4.69) is 0 Å². The Morgan fingerprint density at radius 3 is 2.73 bits per heavy atom. The van der Waals surface area contributed by atoms with E-state index in [-0.39, 0.29) is 5.92 Å². The first-order valence-electron chi connectivity index (χ1n) is 4.52. The second-order valence-electron chi connectivity index (χ2n) is 3.88. The van der Waals surface area contributed by atoms with E-state index in [9.17, 15) is 4.79 Å². The topological polar surface area (TPSA) is 37.3 Å². The van der Waals surface area contributed by atoms with E-state index in [0.717, 1.165) is 12.3 Å². The first-order valence-corrected chi connectivity index (χ1v) is 4.52. The predicted molar refractivity (Wildman–Crippen MR) is 41.2 cm³/mol. The fourth-order valence-corrected chi connectivity index (χ4v) is 2.87. The highest BCUT2D eigenvalue weighted by Gasteiger charge is 2.42. The summed E-state index contributed by atoms with van der Waals surface area (Å²) in [5.41, 5.74) is 0. The highest BCUT2D eigenvalue weighted by molar-refractivity contribution is 5.70. The van der Waals surface area contributed by atoms with Crippen molar-refractivity contribution in [1.29, 1.82) is 0 Å². The molecule has 3 atom stereocenters. The van der Waals surface area contributed by atoms with Crippen molar-refractivity contribution in [3.8, 4) is 0 Å². The maximum Gasteiger partial charge on any atom is 0.306 e. The maximum absolute atomic E-state index is 10.7. The molecule has 0 aromatic heterocycles. The van der Waals surface area contributed by atoms with E-state index in [1.165, 1.54) is 25.7 Å². The zero-order valence-corrected chi connectivity index (χ0v) is 6.62. The summed E-state index contributed by atoms with van der Waals surface area (Å²) in [5.74, 6) is 0.741. The largest absolute Gasteiger partial charge is 0.481 e. The highest BCUT2D eigenvalue weighted by atomic mass is 16.4. The minimum absolute atomic E-state index is 0.00231. The lowest BCUT2D eigenvalue weighted by atomic mass is 9.92. The molecule has 0 unspecified atom stereocenters. The first kappa shape index (κ1) is 7.14. The van der Waals surface area contributed by atoms with Crippen LogP contribution in [0.25, 0.3) is 0 Å². The van der Waals surface area contributed by atoms with Crippen molar-refractivity contribution in [2.45, 2.75) is 32.1 Å². The van der Waals surface area contributed by atoms with Crippen LogP contribution in [0.3, 0.4) is 0 Å². The summed E-state index contributed by atoms with van der Waals surface area (Å²) >= 11 is 0. The lowest BCUT2D eigenvalue weighted by Gasteiger charge is -2.12. The molecule has 2 aliphatic carbocycles. The molecular formula is C9H14O2. The molecule has 2 fully saturated rings. The van der Waals surface area contributed by atoms with E-state index < -0.39 is 5.97 Å². The van der Waals surface area contributed by atoms with Crippen LogP contribution in [0.4, 0.5) is 0 Å². The van der Waals surface area contributed by atoms with Gasteiger partial charge < -0.3 is 5.11 Å². The van der Waals surface area contributed by atoms with E-state index >= 15 is 0 Å². The zero-order valence-electron chi connectivity index (χ0n) is 6.62. The molecule has 0 aliphatic heterocycles. The summed E-state index contributed by atoms with van der Waals surface area (Å²) in [6.45, 7) is 0. The average molecular weight is 154 g/mol. The molecule has 2 saturated carbocycles. The van der Waals surface area contributed by atoms with Gasteiger partial charge in [-0.15, -0.1) is 0 Å². The van der Waals surface area contributed by atoms with Gasteiger partial charge in [-0.1, -0.05) is 12.8 Å². The normalized spacial score (nSPS) is 42.4. The van der Waals surface area contributed by atoms with Crippen molar-refractivity contribution in [1.82, 2.24) is 0 Å². The van der Waals surface area contributed by atoms with Gasteiger partial charge in [0.15, 0.2) is 0 Å². The molecule has 0 radical (unpaired) electrons. The predicted octanol–water partition coefficient (Wildman–Crippen LogP) is 1.90. The molecule has 0 amide bonds. The monoisotopic (exact) mass is 154 g/mol. The molecule has 0 spiro atoms. The number of hydrogen-bond donors (Lipinski definition) is 1. The van der Waals surface area contributed by atoms with Crippen LogP contribution < -0.4 is 0 Å². The van der Waals surface area contributed by atoms with Crippen LogP contribution in [0.1, 0.15) is 32.1 Å². The molecule has 0 aromatic rings. The van der Waals surface area contributed by atoms with Crippen LogP contribution >= 0.6 is 0 Å². The van der Waals surface area contributed by atoms with Crippen LogP contribution in [0.15, 0.2) is 0 Å². The molecule has 11 heavy (non-hydrogen) atoms. The third-order valence-corrected chi connectivity index (χ3v) is 3.40. The Kier molecular flexibility index (Phi) is 1.63. The SMILES string of the molecule is O=C(O)[C@@H]1CC[C@@H]2CCC[C@H]21. The van der Waals surface area contributed by atoms with Gasteiger partial charge in [0, 0.05) is 0 Å². The first-order chi connectivity index (χ1) is 5.29. The van der Waals surface area contributed by atoms with Gasteiger partial charge in [0.05, 0.1) is 5.92 Å². The van der Waals surface area contributed by atoms with Crippen molar-refractivity contribution >= 4 is 5.97 Å². The van der Waals surface area contributed by atoms with E-state index in [4.69, 9.17) is 5.11 Å². The molecule has 62 valence electrons. The fourth-order valence-electron chi connectivity index (χ4n) is 2.87. The summed E-state index contributed by atoms with van der Waals surface area (Å²) in [6, 6.07) is 0. The Morgan fingerprint density at radius 1 is 1.18 bits per heavy atom. The van der Waals surface area contributed by atoms with Gasteiger partial charge in [-0.05, 0) is 31.1 Å². The van der Waals surface area contributed by atoms with E-state index in [1.54, 1.807) is 0 Å². The number of hydrogen-bond acceptors (Lipinski definition) is 1. The number of carbonyl (C=O) groups is 1. The van der Waals surface area contributed by atoms with Gasteiger partial charge >= 0.3 is 5.97 Å². The molecule has 1 N–H and O–H groups in total. The second kappa shape index (κ2) is 2.50. The average Bonchev–Trinajstić information content (AvgIpc) is 2.41. The van der Waals surface area contributed by atoms with Gasteiger partial charge in [-0.2, -0.15) is 0 Å². The van der Waals surface area contributed by atoms with Gasteiger partial charge in [0.1, 0.15) is 0 Å². The van der Waals surface area contributed by atoms with Crippen molar-refractivity contribution in [3.05, 3.63) is 0 Å². The number of aliphatic carboxylic acids is 1. The van der Waals surface area contributed by atoms with E-state index in [1.807, 2.05) is 0 Å². The number of carboxylic acids is 1. The molecule has 2 rings (SSSR count). The molecule has 0 heterocycles. The maximum atomic E-state index is 10.7. The van der Waals surface area contributed by atoms with Crippen molar-refractivity contribution in [3.63, 3.8) is 0 Å². The lowest BCUT2D eigenvalue weighted by molar-refractivity contribution is -0.143. The number of rotatable bonds is 1. The Balaban J connectivity index is 2.08. The molecule has 0 bridgehead atoms. The third-order valence-electron chi connectivity index (χ3n) is 3.40. The van der Waals surface area contributed by atoms with Crippen LogP contribution in [0.2, 0.25) is 0 Å². The van der Waals surface area contributed by atoms with Crippen molar-refractivity contribution in [2.24, 2.45) is 17.8 Å². The quantitative estimate of drug-likeness (QED) is 0.626. The molecule has 2 aliphatic rings. The lowest BCUT2D eigenvalue weighted by Crippen LogP contribution is -2.18. The van der Waals surface area contributed by atoms with Gasteiger partial charge in [-0.25, -0.2) is 0 Å². The summed E-state index contributed by atoms with van der Waals surface area (Å²) in [4.78, 5) is 10.7. The summed E-state index contributed by atoms with van der Waals surface area (Å²) in [5, 5.41) is 8.86. The highest BCUT2D eigenvalue weighted by Crippen LogP contribution is 2.47. The summed E-state index contributed by atoms with van der Waals surface area (Å²) in [6.07, 6.45) is 5.82. The fraction of sp³-hybridized carbons (Fsp3) is 0.889. The van der Waals surface area contributed by atoms with Gasteiger partial charge in [0.2, 0.25) is 0 Å². The van der Waals surface area contributed by atoms with Crippen LogP contribution in [0, 0.1) is 17.8 Å². The Morgan fingerprint density at radius 2 is 2.00 bits per heavy atom. The van der Waals surface area contributed by atoms with E-state index in [0.29, 0.717) is 5.92 Å². The van der Waals surface area contributed by atoms with Crippen LogP contribution in [0.5, 0.6) is 0 Å². The molecule has 0 aromatic carbocycles. The van der Waals surface area contributed by atoms with Crippen LogP contribution in [-0.4, -0.2) is 11.1 Å². The van der Waals surface area contributed by atoms with Crippen molar-refractivity contribution < 1.29 is 9.90 Å². The summed E-state index contributed by atoms with van der Waals surface area (Å²) < 4.78 is 0. The molecular weight excluding hydrogens is 140 g/mol. The smallest absolute Gasteiger partial charge is 0.306 e. The standard InChI is InChI=1S/C9H14O2/c10-9(11)8-5-4-6-2-1-3-7(6)8/h6-8H,1-5H2,(H,10,11)/t6-,7+,8+/m0/s1. The molecule has 2 nitrogen and oxygen atoms in total. The minimum Gasteiger partial charge on any atom is -0.481 e. The Labute approximate surface area is 66.6 Å². The number of fused-ring (bicyclic) bond motifs is 1. The Bertz CT molecular complexity index is 176. The van der Waals surface area contributed by atoms with Gasteiger partial charge in [-0.3, -0.25) is 4.79 Å². The third kappa shape index (κ3) is 1.05.